The van der Waals surface area contributed by atoms with Crippen LogP contribution < -0.4 is 5.73 Å². The predicted octanol–water partition coefficient (Wildman–Crippen LogP) is -0.0298. The van der Waals surface area contributed by atoms with Gasteiger partial charge in [0.1, 0.15) is 0 Å². The molecular formula is C10H17NO5. The third kappa shape index (κ3) is 4.00. The monoisotopic (exact) mass is 231 g/mol. The highest BCUT2D eigenvalue weighted by atomic mass is 16.7. The summed E-state index contributed by atoms with van der Waals surface area (Å²) >= 11 is 0. The molecule has 0 aromatic heterocycles. The minimum Gasteiger partial charge on any atom is -0.456 e. The number of primary amides is 1. The van der Waals surface area contributed by atoms with Crippen molar-refractivity contribution in [3.63, 3.8) is 0 Å². The molecule has 16 heavy (non-hydrogen) atoms. The van der Waals surface area contributed by atoms with Crippen LogP contribution in [0.5, 0.6) is 0 Å². The summed E-state index contributed by atoms with van der Waals surface area (Å²) in [5.74, 6) is -3.24. The fourth-order valence-electron chi connectivity index (χ4n) is 1.03. The van der Waals surface area contributed by atoms with E-state index >= 15 is 0 Å². The van der Waals surface area contributed by atoms with E-state index in [9.17, 15) is 9.59 Å². The van der Waals surface area contributed by atoms with Crippen LogP contribution in [0.3, 0.4) is 0 Å². The Labute approximate surface area is 94.3 Å². The molecule has 0 aliphatic heterocycles. The number of hydrogen-bond donors (Lipinski definition) is 1. The van der Waals surface area contributed by atoms with E-state index in [4.69, 9.17) is 19.9 Å². The van der Waals surface area contributed by atoms with Gasteiger partial charge in [0.05, 0.1) is 0 Å². The van der Waals surface area contributed by atoms with Gasteiger partial charge in [0.15, 0.2) is 6.61 Å². The smallest absolute Gasteiger partial charge is 0.330 e. The van der Waals surface area contributed by atoms with Gasteiger partial charge in [-0.25, -0.2) is 4.79 Å². The van der Waals surface area contributed by atoms with Crippen LogP contribution in [0.4, 0.5) is 0 Å². The molecule has 0 bridgehead atoms. The van der Waals surface area contributed by atoms with Gasteiger partial charge in [-0.05, 0) is 13.8 Å². The topological polar surface area (TPSA) is 87.8 Å². The summed E-state index contributed by atoms with van der Waals surface area (Å²) in [6.45, 7) is 6.58. The van der Waals surface area contributed by atoms with Gasteiger partial charge in [-0.3, -0.25) is 4.79 Å². The van der Waals surface area contributed by atoms with Gasteiger partial charge in [0.2, 0.25) is 0 Å². The first kappa shape index (κ1) is 14.6. The van der Waals surface area contributed by atoms with Crippen molar-refractivity contribution in [3.8, 4) is 0 Å². The van der Waals surface area contributed by atoms with Gasteiger partial charge in [-0.15, -0.1) is 0 Å². The number of ether oxygens (including phenoxy) is 3. The molecule has 0 rings (SSSR count). The number of amides is 1. The maximum atomic E-state index is 11.3. The number of carbonyl (C=O) groups excluding carboxylic acids is 2. The van der Waals surface area contributed by atoms with E-state index in [-0.39, 0.29) is 13.2 Å². The van der Waals surface area contributed by atoms with E-state index in [2.05, 4.69) is 6.58 Å². The third-order valence-electron chi connectivity index (χ3n) is 1.70. The van der Waals surface area contributed by atoms with Crippen molar-refractivity contribution in [2.24, 2.45) is 5.73 Å². The van der Waals surface area contributed by atoms with Crippen LogP contribution in [0.15, 0.2) is 12.7 Å². The van der Waals surface area contributed by atoms with Gasteiger partial charge in [-0.2, -0.15) is 0 Å². The average Bonchev–Trinajstić information content (AvgIpc) is 2.25. The van der Waals surface area contributed by atoms with E-state index in [1.54, 1.807) is 13.8 Å². The van der Waals surface area contributed by atoms with Gasteiger partial charge in [-0.1, -0.05) is 6.58 Å². The predicted molar refractivity (Wildman–Crippen MR) is 56.3 cm³/mol. The fourth-order valence-corrected chi connectivity index (χ4v) is 1.03. The lowest BCUT2D eigenvalue weighted by Gasteiger charge is -2.28. The van der Waals surface area contributed by atoms with Crippen molar-refractivity contribution in [1.29, 1.82) is 0 Å². The summed E-state index contributed by atoms with van der Waals surface area (Å²) in [6.07, 6.45) is 0.976. The van der Waals surface area contributed by atoms with Crippen molar-refractivity contribution in [2.45, 2.75) is 19.6 Å². The molecule has 92 valence electrons. The van der Waals surface area contributed by atoms with E-state index in [0.717, 1.165) is 6.08 Å². The molecule has 0 aromatic carbocycles. The van der Waals surface area contributed by atoms with Gasteiger partial charge in [0, 0.05) is 19.3 Å². The molecule has 0 saturated heterocycles. The second kappa shape index (κ2) is 6.97. The molecule has 0 spiro atoms. The van der Waals surface area contributed by atoms with Crippen LogP contribution in [0.25, 0.3) is 0 Å². The fraction of sp³-hybridized carbons (Fsp3) is 0.600. The lowest BCUT2D eigenvalue weighted by Crippen LogP contribution is -2.52. The summed E-state index contributed by atoms with van der Waals surface area (Å²) in [7, 11) is 0. The zero-order valence-electron chi connectivity index (χ0n) is 9.52. The Morgan fingerprint density at radius 3 is 2.12 bits per heavy atom. The molecule has 0 saturated carbocycles. The first-order valence-electron chi connectivity index (χ1n) is 4.89. The zero-order chi connectivity index (χ0) is 12.6. The van der Waals surface area contributed by atoms with Gasteiger partial charge in [0.25, 0.3) is 11.7 Å². The van der Waals surface area contributed by atoms with Crippen molar-refractivity contribution >= 4 is 11.9 Å². The van der Waals surface area contributed by atoms with Crippen molar-refractivity contribution in [2.75, 3.05) is 19.8 Å². The van der Waals surface area contributed by atoms with E-state index in [1.807, 2.05) is 0 Å². The quantitative estimate of drug-likeness (QED) is 0.360. The normalized spacial score (nSPS) is 10.9. The molecule has 1 amide bonds. The molecule has 0 aliphatic carbocycles. The standard InChI is InChI=1S/C10H17NO5/c1-4-8(12)14-7-10(9(11)13,15-5-2)16-6-3/h4H,1,5-7H2,2-3H3,(H2,11,13). The summed E-state index contributed by atoms with van der Waals surface area (Å²) in [5, 5.41) is 0. The molecule has 6 heteroatoms. The summed E-state index contributed by atoms with van der Waals surface area (Å²) in [6, 6.07) is 0. The number of hydrogen-bond acceptors (Lipinski definition) is 5. The molecule has 0 aliphatic rings. The second-order valence-corrected chi connectivity index (χ2v) is 2.80. The molecule has 0 unspecified atom stereocenters. The average molecular weight is 231 g/mol. The largest absolute Gasteiger partial charge is 0.456 e. The molecular weight excluding hydrogens is 214 g/mol. The highest BCUT2D eigenvalue weighted by Gasteiger charge is 2.40. The lowest BCUT2D eigenvalue weighted by atomic mass is 10.3. The Morgan fingerprint density at radius 1 is 1.31 bits per heavy atom. The second-order valence-electron chi connectivity index (χ2n) is 2.80. The molecule has 2 N–H and O–H groups in total. The molecule has 0 fully saturated rings. The van der Waals surface area contributed by atoms with Crippen molar-refractivity contribution < 1.29 is 23.8 Å². The Bertz CT molecular complexity index is 258. The highest BCUT2D eigenvalue weighted by molar-refractivity contribution is 5.84. The van der Waals surface area contributed by atoms with Crippen LogP contribution in [-0.2, 0) is 23.8 Å². The Balaban J connectivity index is 4.66. The number of carbonyl (C=O) groups is 2. The summed E-state index contributed by atoms with van der Waals surface area (Å²) in [4.78, 5) is 22.1. The van der Waals surface area contributed by atoms with Gasteiger partial charge >= 0.3 is 5.97 Å². The van der Waals surface area contributed by atoms with Crippen molar-refractivity contribution in [1.82, 2.24) is 0 Å². The Hall–Kier alpha value is -1.40. The summed E-state index contributed by atoms with van der Waals surface area (Å²) < 4.78 is 15.0. The van der Waals surface area contributed by atoms with Crippen molar-refractivity contribution in [3.05, 3.63) is 12.7 Å². The first-order chi connectivity index (χ1) is 7.52. The molecule has 0 atom stereocenters. The molecule has 0 heterocycles. The highest BCUT2D eigenvalue weighted by Crippen LogP contribution is 2.14. The zero-order valence-corrected chi connectivity index (χ0v) is 9.52. The number of nitrogens with two attached hydrogens (primary N) is 1. The SMILES string of the molecule is C=CC(=O)OCC(OCC)(OCC)C(N)=O. The Kier molecular flexibility index (Phi) is 6.36. The minimum atomic E-state index is -1.72. The molecule has 0 radical (unpaired) electrons. The third-order valence-corrected chi connectivity index (χ3v) is 1.70. The van der Waals surface area contributed by atoms with Crippen LogP contribution >= 0.6 is 0 Å². The van der Waals surface area contributed by atoms with E-state index < -0.39 is 24.3 Å². The minimum absolute atomic E-state index is 0.203. The van der Waals surface area contributed by atoms with Crippen LogP contribution in [0.1, 0.15) is 13.8 Å². The lowest BCUT2D eigenvalue weighted by molar-refractivity contribution is -0.242. The van der Waals surface area contributed by atoms with Gasteiger partial charge < -0.3 is 19.9 Å². The van der Waals surface area contributed by atoms with Crippen LogP contribution in [0, 0.1) is 0 Å². The first-order valence-corrected chi connectivity index (χ1v) is 4.89. The number of rotatable bonds is 8. The maximum Gasteiger partial charge on any atom is 0.330 e. The molecule has 0 aromatic rings. The van der Waals surface area contributed by atoms with Crippen LogP contribution in [-0.4, -0.2) is 37.5 Å². The number of esters is 1. The van der Waals surface area contributed by atoms with E-state index in [0.29, 0.717) is 0 Å². The Morgan fingerprint density at radius 2 is 1.81 bits per heavy atom. The maximum absolute atomic E-state index is 11.3. The van der Waals surface area contributed by atoms with E-state index in [1.165, 1.54) is 0 Å². The van der Waals surface area contributed by atoms with Crippen LogP contribution in [0.2, 0.25) is 0 Å². The molecule has 6 nitrogen and oxygen atoms in total. The summed E-state index contributed by atoms with van der Waals surface area (Å²) in [5.41, 5.74) is 5.17.